The van der Waals surface area contributed by atoms with Crippen molar-refractivity contribution in [2.45, 2.75) is 52.0 Å². The van der Waals surface area contributed by atoms with E-state index < -0.39 is 0 Å². The van der Waals surface area contributed by atoms with E-state index in [2.05, 4.69) is 37.8 Å². The minimum Gasteiger partial charge on any atom is -0.367 e. The van der Waals surface area contributed by atoms with Gasteiger partial charge in [0.25, 0.3) is 0 Å². The summed E-state index contributed by atoms with van der Waals surface area (Å²) in [5, 5.41) is 12.1. The number of para-hydroxylation sites is 2. The van der Waals surface area contributed by atoms with Crippen LogP contribution in [0, 0.1) is 6.92 Å². The molecule has 1 aromatic carbocycles. The molecule has 0 bridgehead atoms. The molecule has 1 aliphatic rings. The van der Waals surface area contributed by atoms with Crippen LogP contribution < -0.4 is 5.32 Å². The van der Waals surface area contributed by atoms with Crippen LogP contribution in [-0.2, 0) is 0 Å². The van der Waals surface area contributed by atoms with E-state index in [0.717, 1.165) is 53.9 Å². The molecule has 138 valence electrons. The molecule has 1 saturated heterocycles. The lowest BCUT2D eigenvalue weighted by Gasteiger charge is -2.35. The number of anilines is 1. The number of aromatic nitrogens is 4. The van der Waals surface area contributed by atoms with Crippen LogP contribution in [0.15, 0.2) is 24.3 Å². The van der Waals surface area contributed by atoms with Gasteiger partial charge in [-0.05, 0) is 51.3 Å². The topological polar surface area (TPSA) is 58.4 Å². The molecule has 0 radical (unpaired) electrons. The Morgan fingerprint density at radius 2 is 2.08 bits per heavy atom. The van der Waals surface area contributed by atoms with Crippen molar-refractivity contribution in [1.29, 1.82) is 0 Å². The largest absolute Gasteiger partial charge is 0.367 e. The second-order valence-corrected chi connectivity index (χ2v) is 7.23. The number of benzene rings is 1. The maximum Gasteiger partial charge on any atom is 0.204 e. The molecule has 26 heavy (non-hydrogen) atoms. The average Bonchev–Trinajstić information content (AvgIpc) is 3.08. The highest BCUT2D eigenvalue weighted by molar-refractivity contribution is 5.82. The summed E-state index contributed by atoms with van der Waals surface area (Å²) in [6.45, 7) is 7.60. The Hall–Kier alpha value is -2.21. The maximum absolute atomic E-state index is 4.78. The van der Waals surface area contributed by atoms with Gasteiger partial charge in [-0.1, -0.05) is 25.5 Å². The summed E-state index contributed by atoms with van der Waals surface area (Å²) in [5.74, 6) is 1.72. The number of fused-ring (bicyclic) bond motifs is 3. The van der Waals surface area contributed by atoms with E-state index in [9.17, 15) is 0 Å². The van der Waals surface area contributed by atoms with Gasteiger partial charge in [-0.3, -0.25) is 4.40 Å². The van der Waals surface area contributed by atoms with Gasteiger partial charge in [0.2, 0.25) is 5.65 Å². The first-order valence-corrected chi connectivity index (χ1v) is 9.86. The number of rotatable bonds is 6. The smallest absolute Gasteiger partial charge is 0.204 e. The lowest BCUT2D eigenvalue weighted by Crippen LogP contribution is -2.40. The van der Waals surface area contributed by atoms with Crippen LogP contribution in [0.25, 0.3) is 16.7 Å². The van der Waals surface area contributed by atoms with Crippen molar-refractivity contribution in [3.63, 3.8) is 0 Å². The number of aryl methyl sites for hydroxylation is 1. The first-order valence-electron chi connectivity index (χ1n) is 9.86. The minimum absolute atomic E-state index is 0.772. The summed E-state index contributed by atoms with van der Waals surface area (Å²) >= 11 is 0. The predicted molar refractivity (Wildman–Crippen MR) is 106 cm³/mol. The lowest BCUT2D eigenvalue weighted by atomic mass is 10.00. The second-order valence-electron chi connectivity index (χ2n) is 7.23. The molecule has 1 N–H and O–H groups in total. The van der Waals surface area contributed by atoms with Crippen LogP contribution in [0.2, 0.25) is 0 Å². The third-order valence-corrected chi connectivity index (χ3v) is 5.53. The zero-order chi connectivity index (χ0) is 17.9. The van der Waals surface area contributed by atoms with Crippen molar-refractivity contribution in [2.75, 3.05) is 25.0 Å². The van der Waals surface area contributed by atoms with E-state index in [0.29, 0.717) is 0 Å². The first kappa shape index (κ1) is 17.2. The molecule has 6 heteroatoms. The quantitative estimate of drug-likeness (QED) is 0.686. The third-order valence-electron chi connectivity index (χ3n) is 5.53. The summed E-state index contributed by atoms with van der Waals surface area (Å²) in [6.07, 6.45) is 6.47. The molecule has 3 heterocycles. The third kappa shape index (κ3) is 3.26. The van der Waals surface area contributed by atoms with E-state index in [-0.39, 0.29) is 0 Å². The summed E-state index contributed by atoms with van der Waals surface area (Å²) in [6, 6.07) is 8.92. The van der Waals surface area contributed by atoms with Gasteiger partial charge in [0.05, 0.1) is 11.0 Å². The van der Waals surface area contributed by atoms with Crippen molar-refractivity contribution < 1.29 is 0 Å². The number of likely N-dealkylation sites (tertiary alicyclic amines) is 1. The molecular weight excluding hydrogens is 324 g/mol. The van der Waals surface area contributed by atoms with Crippen molar-refractivity contribution >= 4 is 22.5 Å². The molecule has 0 amide bonds. The first-order chi connectivity index (χ1) is 12.8. The van der Waals surface area contributed by atoms with Crippen molar-refractivity contribution in [2.24, 2.45) is 0 Å². The monoisotopic (exact) mass is 352 g/mol. The molecule has 0 saturated carbocycles. The summed E-state index contributed by atoms with van der Waals surface area (Å²) in [7, 11) is 0. The summed E-state index contributed by atoms with van der Waals surface area (Å²) in [4.78, 5) is 7.45. The molecule has 1 fully saturated rings. The number of hydrogen-bond acceptors (Lipinski definition) is 5. The predicted octanol–water partition coefficient (Wildman–Crippen LogP) is 3.65. The number of piperidine rings is 1. The molecular formula is C20H28N6. The normalized spacial score (nSPS) is 18.6. The minimum atomic E-state index is 0.772. The van der Waals surface area contributed by atoms with Crippen molar-refractivity contribution in [3.05, 3.63) is 30.1 Å². The molecule has 1 unspecified atom stereocenters. The van der Waals surface area contributed by atoms with E-state index >= 15 is 0 Å². The van der Waals surface area contributed by atoms with Gasteiger partial charge >= 0.3 is 0 Å². The fourth-order valence-electron chi connectivity index (χ4n) is 4.15. The van der Waals surface area contributed by atoms with E-state index in [1.165, 1.54) is 32.2 Å². The maximum atomic E-state index is 4.78. The molecule has 1 atom stereocenters. The molecule has 1 aliphatic heterocycles. The lowest BCUT2D eigenvalue weighted by molar-refractivity contribution is 0.144. The Morgan fingerprint density at radius 1 is 1.19 bits per heavy atom. The van der Waals surface area contributed by atoms with Crippen LogP contribution in [0.4, 0.5) is 5.82 Å². The zero-order valence-corrected chi connectivity index (χ0v) is 15.8. The van der Waals surface area contributed by atoms with Crippen LogP contribution >= 0.6 is 0 Å². The number of nitrogens with zero attached hydrogens (tertiary/aromatic N) is 5. The molecule has 4 rings (SSSR count). The molecule has 6 nitrogen and oxygen atoms in total. The highest BCUT2D eigenvalue weighted by atomic mass is 15.3. The average molecular weight is 352 g/mol. The fraction of sp³-hybridized carbons (Fsp3) is 0.550. The Balaban J connectivity index is 1.47. The number of nitrogens with one attached hydrogen (secondary N) is 1. The molecule has 0 spiro atoms. The van der Waals surface area contributed by atoms with Crippen molar-refractivity contribution in [3.8, 4) is 0 Å². The van der Waals surface area contributed by atoms with Gasteiger partial charge < -0.3 is 10.2 Å². The van der Waals surface area contributed by atoms with Gasteiger partial charge in [-0.15, -0.1) is 10.2 Å². The van der Waals surface area contributed by atoms with Crippen LogP contribution in [0.1, 0.15) is 44.9 Å². The van der Waals surface area contributed by atoms with Gasteiger partial charge in [0, 0.05) is 19.1 Å². The molecule has 2 aromatic heterocycles. The Kier molecular flexibility index (Phi) is 5.02. The SMILES string of the molecule is CCC1CCCCN1CCCNc1nc2ccccc2n2c(C)nnc12. The molecule has 0 aliphatic carbocycles. The zero-order valence-electron chi connectivity index (χ0n) is 15.8. The number of hydrogen-bond donors (Lipinski definition) is 1. The Bertz CT molecular complexity index is 887. The van der Waals surface area contributed by atoms with Gasteiger partial charge in [0.1, 0.15) is 5.82 Å². The van der Waals surface area contributed by atoms with Gasteiger partial charge in [0.15, 0.2) is 5.82 Å². The van der Waals surface area contributed by atoms with Crippen LogP contribution in [0.5, 0.6) is 0 Å². The summed E-state index contributed by atoms with van der Waals surface area (Å²) in [5.41, 5.74) is 2.83. The second kappa shape index (κ2) is 7.58. The van der Waals surface area contributed by atoms with Crippen LogP contribution in [-0.4, -0.2) is 50.2 Å². The van der Waals surface area contributed by atoms with E-state index in [4.69, 9.17) is 4.98 Å². The Labute approximate surface area is 154 Å². The van der Waals surface area contributed by atoms with Crippen LogP contribution in [0.3, 0.4) is 0 Å². The highest BCUT2D eigenvalue weighted by Gasteiger charge is 2.20. The van der Waals surface area contributed by atoms with E-state index in [1.54, 1.807) is 0 Å². The fourth-order valence-corrected chi connectivity index (χ4v) is 4.15. The highest BCUT2D eigenvalue weighted by Crippen LogP contribution is 2.22. The van der Waals surface area contributed by atoms with E-state index in [1.807, 2.05) is 25.1 Å². The standard InChI is InChI=1S/C20H28N6/c1-3-16-9-6-7-13-25(16)14-8-12-21-19-20-24-23-15(2)26(20)18-11-5-4-10-17(18)22-19/h4-5,10-11,16H,3,6-9,12-14H2,1-2H3,(H,21,22). The van der Waals surface area contributed by atoms with Crippen molar-refractivity contribution in [1.82, 2.24) is 24.5 Å². The Morgan fingerprint density at radius 3 is 2.96 bits per heavy atom. The summed E-state index contributed by atoms with van der Waals surface area (Å²) < 4.78 is 2.09. The van der Waals surface area contributed by atoms with Gasteiger partial charge in [-0.2, -0.15) is 0 Å². The molecule has 3 aromatic rings. The van der Waals surface area contributed by atoms with Gasteiger partial charge in [-0.25, -0.2) is 4.98 Å².